The van der Waals surface area contributed by atoms with Crippen LogP contribution in [0.25, 0.3) is 0 Å². The van der Waals surface area contributed by atoms with Crippen molar-refractivity contribution in [3.8, 4) is 6.07 Å². The quantitative estimate of drug-likeness (QED) is 0.838. The molecule has 0 aromatic heterocycles. The summed E-state index contributed by atoms with van der Waals surface area (Å²) in [5.41, 5.74) is 0.469. The van der Waals surface area contributed by atoms with E-state index in [0.29, 0.717) is 18.7 Å². The van der Waals surface area contributed by atoms with Crippen LogP contribution in [0, 0.1) is 11.3 Å². The standard InChI is InChI=1S/C14H19N3O2S/c1-2-7-16-8-10-17(11-9-16)20(18,19)14-5-3-13(12-15)4-6-14/h3-6H,2,7-11H2,1H3. The summed E-state index contributed by atoms with van der Waals surface area (Å²) in [5.74, 6) is 0. The number of rotatable bonds is 4. The van der Waals surface area contributed by atoms with Crippen molar-refractivity contribution in [2.45, 2.75) is 18.2 Å². The van der Waals surface area contributed by atoms with Gasteiger partial charge in [-0.1, -0.05) is 6.92 Å². The average Bonchev–Trinajstić information content (AvgIpc) is 2.48. The number of hydrogen-bond acceptors (Lipinski definition) is 4. The first-order valence-corrected chi connectivity index (χ1v) is 8.24. The highest BCUT2D eigenvalue weighted by Crippen LogP contribution is 2.18. The molecule has 1 saturated heterocycles. The van der Waals surface area contributed by atoms with Gasteiger partial charge in [-0.2, -0.15) is 9.57 Å². The van der Waals surface area contributed by atoms with E-state index in [1.807, 2.05) is 6.07 Å². The van der Waals surface area contributed by atoms with Crippen LogP contribution in [0.3, 0.4) is 0 Å². The Hall–Kier alpha value is -1.42. The fourth-order valence-electron chi connectivity index (χ4n) is 2.36. The van der Waals surface area contributed by atoms with E-state index in [1.165, 1.54) is 16.4 Å². The first-order valence-electron chi connectivity index (χ1n) is 6.80. The topological polar surface area (TPSA) is 64.4 Å². The molecule has 5 nitrogen and oxygen atoms in total. The van der Waals surface area contributed by atoms with Crippen molar-refractivity contribution in [1.82, 2.24) is 9.21 Å². The summed E-state index contributed by atoms with van der Waals surface area (Å²) in [6.07, 6.45) is 1.09. The van der Waals surface area contributed by atoms with Crippen LogP contribution < -0.4 is 0 Å². The second-order valence-electron chi connectivity index (χ2n) is 4.88. The second kappa shape index (κ2) is 6.35. The maximum absolute atomic E-state index is 12.5. The molecule has 0 bridgehead atoms. The van der Waals surface area contributed by atoms with Crippen LogP contribution in [-0.2, 0) is 10.0 Å². The lowest BCUT2D eigenvalue weighted by atomic mass is 10.2. The van der Waals surface area contributed by atoms with Gasteiger partial charge in [0.1, 0.15) is 0 Å². The number of hydrogen-bond donors (Lipinski definition) is 0. The van der Waals surface area contributed by atoms with Gasteiger partial charge in [-0.15, -0.1) is 0 Å². The summed E-state index contributed by atoms with van der Waals surface area (Å²) >= 11 is 0. The highest BCUT2D eigenvalue weighted by molar-refractivity contribution is 7.89. The minimum Gasteiger partial charge on any atom is -0.301 e. The molecular weight excluding hydrogens is 274 g/mol. The fourth-order valence-corrected chi connectivity index (χ4v) is 3.78. The molecule has 0 spiro atoms. The van der Waals surface area contributed by atoms with Gasteiger partial charge in [0, 0.05) is 26.2 Å². The maximum Gasteiger partial charge on any atom is 0.243 e. The van der Waals surface area contributed by atoms with E-state index in [-0.39, 0.29) is 4.90 Å². The van der Waals surface area contributed by atoms with E-state index in [4.69, 9.17) is 5.26 Å². The van der Waals surface area contributed by atoms with Crippen molar-refractivity contribution in [2.75, 3.05) is 32.7 Å². The molecule has 0 atom stereocenters. The van der Waals surface area contributed by atoms with Crippen LogP contribution in [0.15, 0.2) is 29.2 Å². The molecule has 0 N–H and O–H groups in total. The van der Waals surface area contributed by atoms with Crippen molar-refractivity contribution >= 4 is 10.0 Å². The largest absolute Gasteiger partial charge is 0.301 e. The van der Waals surface area contributed by atoms with Crippen molar-refractivity contribution in [1.29, 1.82) is 5.26 Å². The SMILES string of the molecule is CCCN1CCN(S(=O)(=O)c2ccc(C#N)cc2)CC1. The summed E-state index contributed by atoms with van der Waals surface area (Å²) in [5, 5.41) is 8.74. The summed E-state index contributed by atoms with van der Waals surface area (Å²) in [4.78, 5) is 2.55. The van der Waals surface area contributed by atoms with E-state index in [1.54, 1.807) is 12.1 Å². The van der Waals surface area contributed by atoms with Gasteiger partial charge in [-0.05, 0) is 37.2 Å². The van der Waals surface area contributed by atoms with Gasteiger partial charge in [-0.25, -0.2) is 8.42 Å². The van der Waals surface area contributed by atoms with Crippen LogP contribution in [0.2, 0.25) is 0 Å². The Morgan fingerprint density at radius 2 is 1.75 bits per heavy atom. The summed E-state index contributed by atoms with van der Waals surface area (Å²) in [6.45, 7) is 5.77. The molecule has 1 aromatic rings. The highest BCUT2D eigenvalue weighted by Gasteiger charge is 2.27. The third-order valence-electron chi connectivity index (χ3n) is 3.49. The molecule has 0 saturated carbocycles. The minimum atomic E-state index is -3.43. The highest BCUT2D eigenvalue weighted by atomic mass is 32.2. The molecular formula is C14H19N3O2S. The van der Waals surface area contributed by atoms with Crippen LogP contribution in [0.1, 0.15) is 18.9 Å². The van der Waals surface area contributed by atoms with Crippen molar-refractivity contribution in [2.24, 2.45) is 0 Å². The van der Waals surface area contributed by atoms with Gasteiger partial charge in [0.15, 0.2) is 0 Å². The molecule has 6 heteroatoms. The number of nitriles is 1. The Labute approximate surface area is 120 Å². The van der Waals surface area contributed by atoms with Gasteiger partial charge in [0.25, 0.3) is 0 Å². The molecule has 0 radical (unpaired) electrons. The molecule has 1 aromatic carbocycles. The van der Waals surface area contributed by atoms with Gasteiger partial charge in [-0.3, -0.25) is 0 Å². The molecule has 0 unspecified atom stereocenters. The van der Waals surface area contributed by atoms with Crippen LogP contribution in [0.5, 0.6) is 0 Å². The van der Waals surface area contributed by atoms with Crippen LogP contribution in [0.4, 0.5) is 0 Å². The van der Waals surface area contributed by atoms with Crippen LogP contribution >= 0.6 is 0 Å². The first kappa shape index (κ1) is 15.0. The summed E-state index contributed by atoms with van der Waals surface area (Å²) < 4.78 is 26.5. The third-order valence-corrected chi connectivity index (χ3v) is 5.41. The van der Waals surface area contributed by atoms with E-state index in [0.717, 1.165) is 26.1 Å². The lowest BCUT2D eigenvalue weighted by Gasteiger charge is -2.33. The number of piperazine rings is 1. The zero-order valence-corrected chi connectivity index (χ0v) is 12.4. The Kier molecular flexibility index (Phi) is 4.76. The number of sulfonamides is 1. The average molecular weight is 293 g/mol. The van der Waals surface area contributed by atoms with Gasteiger partial charge < -0.3 is 4.90 Å². The lowest BCUT2D eigenvalue weighted by Crippen LogP contribution is -2.48. The van der Waals surface area contributed by atoms with Crippen LogP contribution in [-0.4, -0.2) is 50.3 Å². The van der Waals surface area contributed by atoms with Crippen molar-refractivity contribution in [3.63, 3.8) is 0 Å². The second-order valence-corrected chi connectivity index (χ2v) is 6.82. The molecule has 1 heterocycles. The molecule has 108 valence electrons. The normalized spacial score (nSPS) is 17.8. The van der Waals surface area contributed by atoms with E-state index in [9.17, 15) is 8.42 Å². The number of benzene rings is 1. The molecule has 0 aliphatic carbocycles. The lowest BCUT2D eigenvalue weighted by molar-refractivity contribution is 0.188. The zero-order chi connectivity index (χ0) is 14.6. The van der Waals surface area contributed by atoms with E-state index < -0.39 is 10.0 Å². The molecule has 1 aliphatic heterocycles. The Morgan fingerprint density at radius 1 is 1.15 bits per heavy atom. The Balaban J connectivity index is 2.09. The van der Waals surface area contributed by atoms with E-state index >= 15 is 0 Å². The Bertz CT molecular complexity index is 582. The van der Waals surface area contributed by atoms with E-state index in [2.05, 4.69) is 11.8 Å². The fraction of sp³-hybridized carbons (Fsp3) is 0.500. The molecule has 1 aliphatic rings. The van der Waals surface area contributed by atoms with Crippen molar-refractivity contribution in [3.05, 3.63) is 29.8 Å². The maximum atomic E-state index is 12.5. The summed E-state index contributed by atoms with van der Waals surface area (Å²) in [7, 11) is -3.43. The molecule has 20 heavy (non-hydrogen) atoms. The number of nitrogens with zero attached hydrogens (tertiary/aromatic N) is 3. The van der Waals surface area contributed by atoms with Gasteiger partial charge in [0.05, 0.1) is 16.5 Å². The van der Waals surface area contributed by atoms with Gasteiger partial charge in [0.2, 0.25) is 10.0 Å². The summed E-state index contributed by atoms with van der Waals surface area (Å²) in [6, 6.07) is 8.09. The zero-order valence-electron chi connectivity index (χ0n) is 11.6. The predicted octanol–water partition coefficient (Wildman–Crippen LogP) is 1.27. The predicted molar refractivity (Wildman–Crippen MR) is 76.6 cm³/mol. The van der Waals surface area contributed by atoms with Gasteiger partial charge >= 0.3 is 0 Å². The molecule has 1 fully saturated rings. The monoisotopic (exact) mass is 293 g/mol. The third kappa shape index (κ3) is 3.18. The smallest absolute Gasteiger partial charge is 0.243 e. The Morgan fingerprint density at radius 3 is 2.25 bits per heavy atom. The van der Waals surface area contributed by atoms with Crippen molar-refractivity contribution < 1.29 is 8.42 Å². The molecule has 2 rings (SSSR count). The minimum absolute atomic E-state index is 0.264. The molecule has 0 amide bonds. The first-order chi connectivity index (χ1) is 9.57.